The highest BCUT2D eigenvalue weighted by Gasteiger charge is 2.05. The number of halogens is 1. The van der Waals surface area contributed by atoms with Gasteiger partial charge in [0.1, 0.15) is 0 Å². The normalized spacial score (nSPS) is 12.9. The Balaban J connectivity index is 3.38. The second-order valence-corrected chi connectivity index (χ2v) is 3.70. The van der Waals surface area contributed by atoms with Crippen LogP contribution in [0.25, 0.3) is 0 Å². The third-order valence-electron chi connectivity index (χ3n) is 0.986. The van der Waals surface area contributed by atoms with E-state index in [-0.39, 0.29) is 0 Å². The van der Waals surface area contributed by atoms with E-state index in [4.69, 9.17) is 11.6 Å². The molecule has 0 aliphatic carbocycles. The van der Waals surface area contributed by atoms with E-state index < -0.39 is 0 Å². The Morgan fingerprint density at radius 1 is 1.22 bits per heavy atom. The molecule has 9 heavy (non-hydrogen) atoms. The molecule has 0 N–H and O–H groups in total. The molecule has 0 aliphatic heterocycles. The quantitative estimate of drug-likeness (QED) is 0.415. The summed E-state index contributed by atoms with van der Waals surface area (Å²) in [6.07, 6.45) is 5.24. The molecule has 0 aromatic rings. The van der Waals surface area contributed by atoms with Crippen LogP contribution in [0.5, 0.6) is 0 Å². The predicted octanol–water partition coefficient (Wildman–Crippen LogP) is 3.22. The smallest absolute Gasteiger partial charge is 0.0404 e. The van der Waals surface area contributed by atoms with Gasteiger partial charge in [-0.3, -0.25) is 0 Å². The van der Waals surface area contributed by atoms with Crippen molar-refractivity contribution in [2.75, 3.05) is 5.88 Å². The zero-order valence-electron chi connectivity index (χ0n) is 6.45. The molecule has 0 fully saturated rings. The second kappa shape index (κ2) is 3.94. The molecule has 0 radical (unpaired) electrons. The first kappa shape index (κ1) is 9.03. The van der Waals surface area contributed by atoms with Crippen LogP contribution in [0.1, 0.15) is 27.2 Å². The Labute approximate surface area is 62.9 Å². The Kier molecular flexibility index (Phi) is 3.96. The Hall–Kier alpha value is 0.0300. The molecule has 0 rings (SSSR count). The summed E-state index contributed by atoms with van der Waals surface area (Å²) in [5.41, 5.74) is 0.405. The van der Waals surface area contributed by atoms with Crippen molar-refractivity contribution in [1.29, 1.82) is 0 Å². The maximum absolute atomic E-state index is 5.44. The predicted molar refractivity (Wildman–Crippen MR) is 43.9 cm³/mol. The van der Waals surface area contributed by atoms with Gasteiger partial charge in [0.05, 0.1) is 0 Å². The first-order chi connectivity index (χ1) is 4.06. The Morgan fingerprint density at radius 3 is 2.11 bits per heavy atom. The van der Waals surface area contributed by atoms with Crippen molar-refractivity contribution in [3.05, 3.63) is 12.2 Å². The van der Waals surface area contributed by atoms with E-state index in [0.717, 1.165) is 6.42 Å². The van der Waals surface area contributed by atoms with Gasteiger partial charge in [0.2, 0.25) is 0 Å². The van der Waals surface area contributed by atoms with Crippen LogP contribution in [0.3, 0.4) is 0 Å². The fraction of sp³-hybridized carbons (Fsp3) is 0.750. The molecule has 1 heteroatoms. The van der Waals surface area contributed by atoms with Gasteiger partial charge in [-0.25, -0.2) is 0 Å². The fourth-order valence-electron chi connectivity index (χ4n) is 0.500. The maximum atomic E-state index is 5.44. The number of hydrogen-bond donors (Lipinski definition) is 0. The van der Waals surface area contributed by atoms with Gasteiger partial charge in [0.25, 0.3) is 0 Å². The van der Waals surface area contributed by atoms with Crippen LogP contribution in [0.15, 0.2) is 12.2 Å². The van der Waals surface area contributed by atoms with Gasteiger partial charge < -0.3 is 0 Å². The van der Waals surface area contributed by atoms with E-state index in [1.54, 1.807) is 0 Å². The van der Waals surface area contributed by atoms with E-state index in [2.05, 4.69) is 26.8 Å². The van der Waals surface area contributed by atoms with Gasteiger partial charge in [0, 0.05) is 5.88 Å². The van der Waals surface area contributed by atoms with Crippen molar-refractivity contribution in [2.24, 2.45) is 5.41 Å². The van der Waals surface area contributed by atoms with E-state index in [9.17, 15) is 0 Å². The molecule has 0 heterocycles. The monoisotopic (exact) mass is 146 g/mol. The number of alkyl halides is 1. The van der Waals surface area contributed by atoms with Gasteiger partial charge in [-0.15, -0.1) is 11.6 Å². The largest absolute Gasteiger partial charge is 0.122 e. The van der Waals surface area contributed by atoms with Crippen molar-refractivity contribution in [3.63, 3.8) is 0 Å². The van der Waals surface area contributed by atoms with Crippen LogP contribution in [0, 0.1) is 5.41 Å². The fourth-order valence-corrected chi connectivity index (χ4v) is 0.626. The molecule has 0 spiro atoms. The minimum absolute atomic E-state index is 0.405. The summed E-state index contributed by atoms with van der Waals surface area (Å²) >= 11 is 5.44. The molecule has 0 aliphatic rings. The topological polar surface area (TPSA) is 0 Å². The van der Waals surface area contributed by atoms with Gasteiger partial charge in [-0.2, -0.15) is 0 Å². The molecule has 0 saturated heterocycles. The Bertz CT molecular complexity index is 87.2. The first-order valence-electron chi connectivity index (χ1n) is 3.27. The second-order valence-electron chi connectivity index (χ2n) is 3.39. The summed E-state index contributed by atoms with van der Waals surface area (Å²) in [6, 6.07) is 0. The summed E-state index contributed by atoms with van der Waals surface area (Å²) in [4.78, 5) is 0. The molecule has 0 bridgehead atoms. The lowest BCUT2D eigenvalue weighted by Crippen LogP contribution is -2.01. The van der Waals surface area contributed by atoms with Crippen LogP contribution in [-0.2, 0) is 0 Å². The molecule has 0 amide bonds. The number of allylic oxidation sites excluding steroid dienone is 2. The average molecular weight is 147 g/mol. The minimum atomic E-state index is 0.405. The molecule has 0 nitrogen and oxygen atoms in total. The van der Waals surface area contributed by atoms with Crippen LogP contribution in [0.4, 0.5) is 0 Å². The molecule has 0 unspecified atom stereocenters. The van der Waals surface area contributed by atoms with Crippen LogP contribution in [0.2, 0.25) is 0 Å². The van der Waals surface area contributed by atoms with Crippen molar-refractivity contribution >= 4 is 11.6 Å². The number of rotatable bonds is 2. The maximum Gasteiger partial charge on any atom is 0.0404 e. The lowest BCUT2D eigenvalue weighted by molar-refractivity contribution is 0.420. The first-order valence-corrected chi connectivity index (χ1v) is 3.81. The van der Waals surface area contributed by atoms with Crippen molar-refractivity contribution in [2.45, 2.75) is 27.2 Å². The lowest BCUT2D eigenvalue weighted by Gasteiger charge is -2.14. The summed E-state index contributed by atoms with van der Waals surface area (Å²) in [6.45, 7) is 6.64. The molecule has 0 aromatic heterocycles. The van der Waals surface area contributed by atoms with Gasteiger partial charge >= 0.3 is 0 Å². The van der Waals surface area contributed by atoms with E-state index in [1.165, 1.54) is 0 Å². The van der Waals surface area contributed by atoms with E-state index in [0.29, 0.717) is 11.3 Å². The van der Waals surface area contributed by atoms with E-state index in [1.807, 2.05) is 6.08 Å². The third kappa shape index (κ3) is 8.03. The van der Waals surface area contributed by atoms with Crippen molar-refractivity contribution < 1.29 is 0 Å². The molecule has 54 valence electrons. The van der Waals surface area contributed by atoms with Gasteiger partial charge in [-0.05, 0) is 11.8 Å². The van der Waals surface area contributed by atoms with Crippen molar-refractivity contribution in [1.82, 2.24) is 0 Å². The molecular weight excluding hydrogens is 132 g/mol. The van der Waals surface area contributed by atoms with E-state index >= 15 is 0 Å². The minimum Gasteiger partial charge on any atom is -0.122 e. The summed E-state index contributed by atoms with van der Waals surface area (Å²) in [5.74, 6) is 0.635. The number of hydrogen-bond acceptors (Lipinski definition) is 0. The van der Waals surface area contributed by atoms with Gasteiger partial charge in [-0.1, -0.05) is 32.9 Å². The van der Waals surface area contributed by atoms with Crippen LogP contribution >= 0.6 is 11.6 Å². The highest BCUT2D eigenvalue weighted by molar-refractivity contribution is 6.18. The van der Waals surface area contributed by atoms with Crippen LogP contribution < -0.4 is 0 Å². The highest BCUT2D eigenvalue weighted by atomic mass is 35.5. The summed E-state index contributed by atoms with van der Waals surface area (Å²) < 4.78 is 0. The van der Waals surface area contributed by atoms with Crippen LogP contribution in [-0.4, -0.2) is 5.88 Å². The average Bonchev–Trinajstić information content (AvgIpc) is 1.63. The molecule has 0 saturated carbocycles. The summed E-state index contributed by atoms with van der Waals surface area (Å²) in [5, 5.41) is 0. The SMILES string of the molecule is CC(C)(C)C/C=C\CCl. The standard InChI is InChI=1S/C8H15Cl/c1-8(2,3)6-4-5-7-9/h4-5H,6-7H2,1-3H3/b5-4-. The lowest BCUT2D eigenvalue weighted by atomic mass is 9.92. The summed E-state index contributed by atoms with van der Waals surface area (Å²) in [7, 11) is 0. The van der Waals surface area contributed by atoms with Crippen molar-refractivity contribution in [3.8, 4) is 0 Å². The zero-order valence-corrected chi connectivity index (χ0v) is 7.20. The third-order valence-corrected chi connectivity index (χ3v) is 1.16. The van der Waals surface area contributed by atoms with Gasteiger partial charge in [0.15, 0.2) is 0 Å². The molecule has 0 atom stereocenters. The zero-order chi connectivity index (χ0) is 7.33. The highest BCUT2D eigenvalue weighted by Crippen LogP contribution is 2.18. The molecular formula is C8H15Cl. The Morgan fingerprint density at radius 2 is 1.78 bits per heavy atom. The molecule has 0 aromatic carbocycles.